The van der Waals surface area contributed by atoms with Crippen molar-refractivity contribution in [1.29, 1.82) is 0 Å². The number of hydrogen-bond acceptors (Lipinski definition) is 5. The zero-order valence-electron chi connectivity index (χ0n) is 8.67. The molecule has 1 aromatic heterocycles. The fraction of sp³-hybridized carbons (Fsp3) is 0.556. The summed E-state index contributed by atoms with van der Waals surface area (Å²) in [5.41, 5.74) is 2.53. The van der Waals surface area contributed by atoms with Crippen LogP contribution in [0, 0.1) is 0 Å². The van der Waals surface area contributed by atoms with Gasteiger partial charge in [-0.05, 0) is 13.3 Å². The summed E-state index contributed by atoms with van der Waals surface area (Å²) in [5.74, 6) is 7.60. The monoisotopic (exact) mass is 195 g/mol. The van der Waals surface area contributed by atoms with Crippen LogP contribution in [0.2, 0.25) is 0 Å². The van der Waals surface area contributed by atoms with Gasteiger partial charge in [0.2, 0.25) is 0 Å². The van der Waals surface area contributed by atoms with Crippen LogP contribution < -0.4 is 16.6 Å². The number of rotatable bonds is 5. The number of nitrogens with zero attached hydrogens (tertiary/aromatic N) is 2. The number of hydrogen-bond donors (Lipinski definition) is 3. The van der Waals surface area contributed by atoms with Gasteiger partial charge in [-0.3, -0.25) is 0 Å². The zero-order chi connectivity index (χ0) is 10.4. The normalized spacial score (nSPS) is 9.93. The molecule has 14 heavy (non-hydrogen) atoms. The summed E-state index contributed by atoms with van der Waals surface area (Å²) in [6.45, 7) is 4.96. The minimum absolute atomic E-state index is 0.652. The summed E-state index contributed by atoms with van der Waals surface area (Å²) in [5, 5.41) is 3.13. The van der Waals surface area contributed by atoms with Crippen molar-refractivity contribution in [1.82, 2.24) is 9.97 Å². The molecule has 0 bridgehead atoms. The number of nitrogens with two attached hydrogens (primary N) is 1. The maximum absolute atomic E-state index is 5.31. The Morgan fingerprint density at radius 2 is 2.00 bits per heavy atom. The minimum Gasteiger partial charge on any atom is -0.370 e. The molecule has 0 saturated carbocycles. The first-order valence-electron chi connectivity index (χ1n) is 4.88. The Hall–Kier alpha value is -1.36. The molecule has 78 valence electrons. The number of aromatic nitrogens is 2. The van der Waals surface area contributed by atoms with Crippen LogP contribution in [0.1, 0.15) is 26.1 Å². The summed E-state index contributed by atoms with van der Waals surface area (Å²) in [4.78, 5) is 8.58. The second-order valence-electron chi connectivity index (χ2n) is 2.98. The molecule has 0 fully saturated rings. The Balaban J connectivity index is 2.88. The van der Waals surface area contributed by atoms with E-state index in [0.717, 1.165) is 31.0 Å². The van der Waals surface area contributed by atoms with E-state index in [0.29, 0.717) is 5.82 Å². The van der Waals surface area contributed by atoms with Gasteiger partial charge in [0, 0.05) is 19.0 Å². The van der Waals surface area contributed by atoms with Gasteiger partial charge >= 0.3 is 0 Å². The lowest BCUT2D eigenvalue weighted by molar-refractivity contribution is 0.835. The lowest BCUT2D eigenvalue weighted by Crippen LogP contribution is -2.12. The molecule has 0 aliphatic carbocycles. The first-order chi connectivity index (χ1) is 6.80. The fourth-order valence-electron chi connectivity index (χ4n) is 1.18. The van der Waals surface area contributed by atoms with Gasteiger partial charge in [0.25, 0.3) is 0 Å². The predicted octanol–water partition coefficient (Wildman–Crippen LogP) is 1.15. The van der Waals surface area contributed by atoms with Gasteiger partial charge in [0.1, 0.15) is 17.5 Å². The highest BCUT2D eigenvalue weighted by Crippen LogP contribution is 2.10. The molecule has 1 heterocycles. The second kappa shape index (κ2) is 5.39. The van der Waals surface area contributed by atoms with Crippen LogP contribution in [0.25, 0.3) is 0 Å². The fourth-order valence-corrected chi connectivity index (χ4v) is 1.18. The third-order valence-electron chi connectivity index (χ3n) is 1.75. The van der Waals surface area contributed by atoms with Crippen molar-refractivity contribution in [2.24, 2.45) is 5.84 Å². The van der Waals surface area contributed by atoms with Crippen LogP contribution in [0.3, 0.4) is 0 Å². The highest BCUT2D eigenvalue weighted by Gasteiger charge is 2.01. The second-order valence-corrected chi connectivity index (χ2v) is 2.98. The molecule has 4 N–H and O–H groups in total. The highest BCUT2D eigenvalue weighted by atomic mass is 15.3. The summed E-state index contributed by atoms with van der Waals surface area (Å²) in [6, 6.07) is 1.79. The molecule has 0 radical (unpaired) electrons. The van der Waals surface area contributed by atoms with E-state index in [1.54, 1.807) is 6.07 Å². The Bertz CT molecular complexity index is 262. The molecule has 5 nitrogen and oxygen atoms in total. The third-order valence-corrected chi connectivity index (χ3v) is 1.75. The molecule has 1 rings (SSSR count). The first-order valence-corrected chi connectivity index (χ1v) is 4.88. The molecule has 0 aromatic carbocycles. The van der Waals surface area contributed by atoms with Crippen LogP contribution in [0.15, 0.2) is 6.07 Å². The molecule has 0 unspecified atom stereocenters. The van der Waals surface area contributed by atoms with E-state index < -0.39 is 0 Å². The van der Waals surface area contributed by atoms with E-state index >= 15 is 0 Å². The minimum atomic E-state index is 0.652. The van der Waals surface area contributed by atoms with Gasteiger partial charge in [-0.25, -0.2) is 15.8 Å². The smallest absolute Gasteiger partial charge is 0.145 e. The molecule has 0 atom stereocenters. The molecule has 0 spiro atoms. The van der Waals surface area contributed by atoms with Gasteiger partial charge in [-0.15, -0.1) is 0 Å². The van der Waals surface area contributed by atoms with Crippen molar-refractivity contribution in [3.63, 3.8) is 0 Å². The molecule has 1 aromatic rings. The van der Waals surface area contributed by atoms with Crippen LogP contribution in [0.5, 0.6) is 0 Å². The molecule has 0 aliphatic rings. The predicted molar refractivity (Wildman–Crippen MR) is 58.0 cm³/mol. The van der Waals surface area contributed by atoms with Gasteiger partial charge in [-0.1, -0.05) is 6.92 Å². The standard InChI is InChI=1S/C9H17N5/c1-3-5-7-12-8(11-4-2)6-9(13-7)14-10/h6H,3-5,10H2,1-2H3,(H2,11,12,13,14). The number of nitrogen functional groups attached to an aromatic ring is 1. The first kappa shape index (κ1) is 10.7. The van der Waals surface area contributed by atoms with E-state index in [1.165, 1.54) is 0 Å². The molecular weight excluding hydrogens is 178 g/mol. The molecule has 0 amide bonds. The average Bonchev–Trinajstić information content (AvgIpc) is 2.18. The third kappa shape index (κ3) is 2.85. The Morgan fingerprint density at radius 1 is 1.29 bits per heavy atom. The Kier molecular flexibility index (Phi) is 4.12. The van der Waals surface area contributed by atoms with E-state index in [2.05, 4.69) is 27.6 Å². The van der Waals surface area contributed by atoms with Crippen molar-refractivity contribution in [2.45, 2.75) is 26.7 Å². The van der Waals surface area contributed by atoms with E-state index in [4.69, 9.17) is 5.84 Å². The molecule has 5 heteroatoms. The van der Waals surface area contributed by atoms with Crippen molar-refractivity contribution in [2.75, 3.05) is 17.3 Å². The van der Waals surface area contributed by atoms with E-state index in [1.807, 2.05) is 6.92 Å². The van der Waals surface area contributed by atoms with Crippen LogP contribution in [-0.2, 0) is 6.42 Å². The van der Waals surface area contributed by atoms with Gasteiger partial charge in [0.15, 0.2) is 0 Å². The van der Waals surface area contributed by atoms with E-state index in [-0.39, 0.29) is 0 Å². The lowest BCUT2D eigenvalue weighted by Gasteiger charge is -2.07. The Morgan fingerprint density at radius 3 is 2.57 bits per heavy atom. The molecule has 0 aliphatic heterocycles. The summed E-state index contributed by atoms with van der Waals surface area (Å²) in [7, 11) is 0. The largest absolute Gasteiger partial charge is 0.370 e. The van der Waals surface area contributed by atoms with Gasteiger partial charge in [0.05, 0.1) is 0 Å². The van der Waals surface area contributed by atoms with Gasteiger partial charge < -0.3 is 10.7 Å². The quantitative estimate of drug-likeness (QED) is 0.485. The lowest BCUT2D eigenvalue weighted by atomic mass is 10.3. The van der Waals surface area contributed by atoms with Crippen molar-refractivity contribution in [3.05, 3.63) is 11.9 Å². The number of anilines is 2. The highest BCUT2D eigenvalue weighted by molar-refractivity contribution is 5.46. The molecular formula is C9H17N5. The topological polar surface area (TPSA) is 75.9 Å². The summed E-state index contributed by atoms with van der Waals surface area (Å²) < 4.78 is 0. The zero-order valence-corrected chi connectivity index (χ0v) is 8.67. The molecule has 0 saturated heterocycles. The number of nitrogens with one attached hydrogen (secondary N) is 2. The van der Waals surface area contributed by atoms with Crippen LogP contribution in [-0.4, -0.2) is 16.5 Å². The van der Waals surface area contributed by atoms with Crippen molar-refractivity contribution >= 4 is 11.6 Å². The van der Waals surface area contributed by atoms with Gasteiger partial charge in [-0.2, -0.15) is 0 Å². The average molecular weight is 195 g/mol. The maximum atomic E-state index is 5.31. The van der Waals surface area contributed by atoms with Crippen molar-refractivity contribution < 1.29 is 0 Å². The van der Waals surface area contributed by atoms with Crippen LogP contribution in [0.4, 0.5) is 11.6 Å². The van der Waals surface area contributed by atoms with E-state index in [9.17, 15) is 0 Å². The van der Waals surface area contributed by atoms with Crippen LogP contribution >= 0.6 is 0 Å². The number of hydrazine groups is 1. The Labute approximate surface area is 84.1 Å². The summed E-state index contributed by atoms with van der Waals surface area (Å²) in [6.07, 6.45) is 1.90. The SMILES string of the molecule is CCCc1nc(NN)cc(NCC)n1. The number of aryl methyl sites for hydroxylation is 1. The van der Waals surface area contributed by atoms with Crippen molar-refractivity contribution in [3.8, 4) is 0 Å². The summed E-state index contributed by atoms with van der Waals surface area (Å²) >= 11 is 0. The maximum Gasteiger partial charge on any atom is 0.145 e.